The molecule has 0 aromatic carbocycles. The molecule has 28 heavy (non-hydrogen) atoms. The molecule has 0 amide bonds. The molecular weight excluding hydrogens is 350 g/mol. The SMILES string of the molecule is CCOC(=O)c1cc(C2=C(C)C2C(C)(C)N=O)c2cc(C(C)C)ccc(C)c1-2. The Labute approximate surface area is 167 Å². The van der Waals surface area contributed by atoms with E-state index in [1.807, 2.05) is 33.8 Å². The van der Waals surface area contributed by atoms with Gasteiger partial charge in [0.1, 0.15) is 5.54 Å². The van der Waals surface area contributed by atoms with Crippen LogP contribution in [-0.4, -0.2) is 18.1 Å². The number of aryl methyl sites for hydroxylation is 1. The molecule has 4 heteroatoms. The summed E-state index contributed by atoms with van der Waals surface area (Å²) < 4.78 is 5.33. The molecular formula is C24H29NO3. The van der Waals surface area contributed by atoms with Crippen molar-refractivity contribution in [3.8, 4) is 11.1 Å². The molecule has 1 atom stereocenters. The summed E-state index contributed by atoms with van der Waals surface area (Å²) in [5.74, 6) is 0.0725. The van der Waals surface area contributed by atoms with E-state index in [2.05, 4.69) is 44.1 Å². The van der Waals surface area contributed by atoms with Crippen molar-refractivity contribution < 1.29 is 9.53 Å². The number of carbonyl (C=O) groups is 1. The smallest absolute Gasteiger partial charge is 0.338 e. The largest absolute Gasteiger partial charge is 0.462 e. The molecule has 3 aliphatic rings. The summed E-state index contributed by atoms with van der Waals surface area (Å²) in [7, 11) is 0. The Balaban J connectivity index is 2.25. The lowest BCUT2D eigenvalue weighted by molar-refractivity contribution is 0.0527. The van der Waals surface area contributed by atoms with E-state index in [0.29, 0.717) is 18.1 Å². The molecule has 0 spiro atoms. The standard InChI is InChI=1S/C24H29NO3/c1-8-28-23(26)19-12-18(21-15(5)22(21)24(6,7)25-27)17-11-16(13(2)3)10-9-14(4)20(17)19/h9-13,22H,8H2,1-7H3. The van der Waals surface area contributed by atoms with Crippen LogP contribution in [0.2, 0.25) is 0 Å². The molecule has 0 saturated carbocycles. The first-order valence-electron chi connectivity index (χ1n) is 9.93. The predicted octanol–water partition coefficient (Wildman–Crippen LogP) is 6.35. The van der Waals surface area contributed by atoms with Crippen LogP contribution in [0.25, 0.3) is 16.7 Å². The molecule has 1 unspecified atom stereocenters. The fourth-order valence-electron chi connectivity index (χ4n) is 4.25. The van der Waals surface area contributed by atoms with Crippen molar-refractivity contribution in [1.82, 2.24) is 0 Å². The summed E-state index contributed by atoms with van der Waals surface area (Å²) in [5, 5.41) is 3.35. The topological polar surface area (TPSA) is 55.7 Å². The van der Waals surface area contributed by atoms with E-state index in [0.717, 1.165) is 27.8 Å². The Hall–Kier alpha value is -2.49. The molecule has 0 aromatic heterocycles. The van der Waals surface area contributed by atoms with Crippen molar-refractivity contribution in [1.29, 1.82) is 0 Å². The van der Waals surface area contributed by atoms with Gasteiger partial charge < -0.3 is 4.74 Å². The van der Waals surface area contributed by atoms with Crippen molar-refractivity contribution in [2.45, 2.75) is 59.9 Å². The number of nitroso groups, excluding NO2 is 1. The molecule has 3 aliphatic carbocycles. The number of nitrogens with zero attached hydrogens (tertiary/aromatic N) is 1. The average Bonchev–Trinajstić information content (AvgIpc) is 3.22. The van der Waals surface area contributed by atoms with Crippen LogP contribution < -0.4 is 0 Å². The first kappa shape index (κ1) is 20.2. The van der Waals surface area contributed by atoms with Gasteiger partial charge in [-0.2, -0.15) is 4.91 Å². The maximum Gasteiger partial charge on any atom is 0.338 e. The second-order valence-electron chi connectivity index (χ2n) is 8.57. The van der Waals surface area contributed by atoms with Crippen LogP contribution in [0.15, 0.2) is 35.0 Å². The van der Waals surface area contributed by atoms with Gasteiger partial charge >= 0.3 is 5.97 Å². The van der Waals surface area contributed by atoms with E-state index in [1.165, 1.54) is 11.1 Å². The summed E-state index contributed by atoms with van der Waals surface area (Å²) in [5.41, 5.74) is 7.46. The Morgan fingerprint density at radius 1 is 1.18 bits per heavy atom. The highest BCUT2D eigenvalue weighted by molar-refractivity contribution is 6.06. The predicted molar refractivity (Wildman–Crippen MR) is 114 cm³/mol. The second-order valence-corrected chi connectivity index (χ2v) is 8.57. The molecule has 4 nitrogen and oxygen atoms in total. The van der Waals surface area contributed by atoms with E-state index in [9.17, 15) is 9.70 Å². The van der Waals surface area contributed by atoms with Gasteiger partial charge in [0.2, 0.25) is 0 Å². The Morgan fingerprint density at radius 2 is 1.86 bits per heavy atom. The lowest BCUT2D eigenvalue weighted by Crippen LogP contribution is -2.21. The third-order valence-electron chi connectivity index (χ3n) is 5.81. The number of hydrogen-bond acceptors (Lipinski definition) is 4. The monoisotopic (exact) mass is 379 g/mol. The van der Waals surface area contributed by atoms with Gasteiger partial charge in [-0.3, -0.25) is 0 Å². The summed E-state index contributed by atoms with van der Waals surface area (Å²) in [4.78, 5) is 24.1. The molecule has 0 radical (unpaired) electrons. The van der Waals surface area contributed by atoms with Gasteiger partial charge in [-0.15, -0.1) is 0 Å². The summed E-state index contributed by atoms with van der Waals surface area (Å²) in [6.45, 7) is 14.3. The number of esters is 1. The molecule has 3 rings (SSSR count). The van der Waals surface area contributed by atoms with Gasteiger partial charge in [0.25, 0.3) is 0 Å². The number of hydrogen-bond donors (Lipinski definition) is 0. The normalized spacial score (nSPS) is 16.6. The van der Waals surface area contributed by atoms with E-state index in [-0.39, 0.29) is 11.9 Å². The third kappa shape index (κ3) is 3.25. The zero-order chi connectivity index (χ0) is 20.8. The number of ether oxygens (including phenoxy) is 1. The minimum Gasteiger partial charge on any atom is -0.462 e. The third-order valence-corrected chi connectivity index (χ3v) is 5.81. The van der Waals surface area contributed by atoms with E-state index in [1.54, 1.807) is 0 Å². The highest BCUT2D eigenvalue weighted by Crippen LogP contribution is 2.57. The van der Waals surface area contributed by atoms with Gasteiger partial charge in [0.15, 0.2) is 0 Å². The van der Waals surface area contributed by atoms with E-state index < -0.39 is 5.54 Å². The van der Waals surface area contributed by atoms with Crippen LogP contribution in [0.4, 0.5) is 0 Å². The maximum atomic E-state index is 12.7. The van der Waals surface area contributed by atoms with Gasteiger partial charge in [0.05, 0.1) is 12.2 Å². The minimum absolute atomic E-state index is 0.0129. The molecule has 0 bridgehead atoms. The van der Waals surface area contributed by atoms with Crippen LogP contribution >= 0.6 is 0 Å². The van der Waals surface area contributed by atoms with E-state index in [4.69, 9.17) is 4.74 Å². The van der Waals surface area contributed by atoms with Crippen LogP contribution in [0.3, 0.4) is 0 Å². The zero-order valence-electron chi connectivity index (χ0n) is 17.8. The maximum absolute atomic E-state index is 12.7. The number of carbonyl (C=O) groups excluding carboxylic acids is 1. The highest BCUT2D eigenvalue weighted by atomic mass is 16.5. The molecule has 0 aliphatic heterocycles. The van der Waals surface area contributed by atoms with Crippen molar-refractivity contribution in [3.63, 3.8) is 0 Å². The molecule has 0 N–H and O–H groups in total. The molecule has 0 fully saturated rings. The van der Waals surface area contributed by atoms with Gasteiger partial charge in [0, 0.05) is 5.92 Å². The Kier molecular flexibility index (Phi) is 5.18. The summed E-state index contributed by atoms with van der Waals surface area (Å²) in [6.07, 6.45) is 0. The average molecular weight is 380 g/mol. The lowest BCUT2D eigenvalue weighted by atomic mass is 9.92. The van der Waals surface area contributed by atoms with Crippen molar-refractivity contribution in [3.05, 3.63) is 57.0 Å². The van der Waals surface area contributed by atoms with Crippen molar-refractivity contribution in [2.75, 3.05) is 6.61 Å². The number of rotatable bonds is 6. The van der Waals surface area contributed by atoms with Crippen LogP contribution in [0.5, 0.6) is 0 Å². The lowest BCUT2D eigenvalue weighted by Gasteiger charge is -2.16. The fourth-order valence-corrected chi connectivity index (χ4v) is 4.25. The quantitative estimate of drug-likeness (QED) is 0.434. The summed E-state index contributed by atoms with van der Waals surface area (Å²) in [6, 6.07) is 8.33. The second kappa shape index (κ2) is 7.16. The number of fused-ring (bicyclic) bond motifs is 1. The van der Waals surface area contributed by atoms with E-state index >= 15 is 0 Å². The summed E-state index contributed by atoms with van der Waals surface area (Å²) >= 11 is 0. The van der Waals surface area contributed by atoms with Crippen LogP contribution in [-0.2, 0) is 4.74 Å². The zero-order valence-corrected chi connectivity index (χ0v) is 17.8. The molecule has 0 saturated heterocycles. The van der Waals surface area contributed by atoms with Gasteiger partial charge in [-0.1, -0.05) is 42.8 Å². The van der Waals surface area contributed by atoms with Gasteiger partial charge in [-0.05, 0) is 80.0 Å². The fraction of sp³-hybridized carbons (Fsp3) is 0.458. The van der Waals surface area contributed by atoms with Gasteiger partial charge in [-0.25, -0.2) is 4.79 Å². The molecule has 0 heterocycles. The van der Waals surface area contributed by atoms with Crippen molar-refractivity contribution >= 4 is 11.5 Å². The van der Waals surface area contributed by atoms with Crippen molar-refractivity contribution in [2.24, 2.45) is 11.1 Å². The molecule has 0 aromatic rings. The highest BCUT2D eigenvalue weighted by Gasteiger charge is 2.48. The van der Waals surface area contributed by atoms with Crippen LogP contribution in [0, 0.1) is 17.7 Å². The Morgan fingerprint density at radius 3 is 2.43 bits per heavy atom. The Bertz CT molecular complexity index is 953. The minimum atomic E-state index is -0.694. The first-order chi connectivity index (χ1) is 13.1. The first-order valence-corrected chi connectivity index (χ1v) is 9.93. The molecule has 148 valence electrons. The van der Waals surface area contributed by atoms with Crippen LogP contribution in [0.1, 0.15) is 74.5 Å².